The molecule has 0 radical (unpaired) electrons. The molecular weight excluding hydrogens is 380 g/mol. The first-order valence-electron chi connectivity index (χ1n) is 9.81. The molecule has 0 aliphatic carbocycles. The van der Waals surface area contributed by atoms with Crippen molar-refractivity contribution in [2.45, 2.75) is 25.8 Å². The Morgan fingerprint density at radius 2 is 2.07 bits per heavy atom. The number of nitrogens with zero attached hydrogens (tertiary/aromatic N) is 6. The number of rotatable bonds is 5. The van der Waals surface area contributed by atoms with Crippen LogP contribution in [0.15, 0.2) is 41.3 Å². The molecule has 5 heterocycles. The number of pyridine rings is 2. The molecule has 1 aliphatic heterocycles. The first kappa shape index (κ1) is 18.3. The van der Waals surface area contributed by atoms with Crippen LogP contribution in [0.3, 0.4) is 0 Å². The van der Waals surface area contributed by atoms with Crippen molar-refractivity contribution < 1.29 is 4.52 Å². The second kappa shape index (κ2) is 7.24. The molecular formula is C21H20N8O. The van der Waals surface area contributed by atoms with E-state index in [0.717, 1.165) is 35.4 Å². The Labute approximate surface area is 172 Å². The molecule has 1 saturated heterocycles. The van der Waals surface area contributed by atoms with Crippen LogP contribution in [0, 0.1) is 11.3 Å². The lowest BCUT2D eigenvalue weighted by molar-refractivity contribution is 0.383. The van der Waals surface area contributed by atoms with Crippen LogP contribution in [-0.2, 0) is 0 Å². The third kappa shape index (κ3) is 3.17. The highest BCUT2D eigenvalue weighted by atomic mass is 16.5. The van der Waals surface area contributed by atoms with E-state index < -0.39 is 0 Å². The predicted molar refractivity (Wildman–Crippen MR) is 111 cm³/mol. The molecule has 150 valence electrons. The van der Waals surface area contributed by atoms with Gasteiger partial charge in [-0.15, -0.1) is 0 Å². The fourth-order valence-corrected chi connectivity index (χ4v) is 3.44. The van der Waals surface area contributed by atoms with E-state index in [-0.39, 0.29) is 6.04 Å². The van der Waals surface area contributed by atoms with Crippen molar-refractivity contribution in [3.63, 3.8) is 0 Å². The van der Waals surface area contributed by atoms with Gasteiger partial charge in [-0.25, -0.2) is 9.97 Å². The minimum Gasteiger partial charge on any atom is -0.382 e. The van der Waals surface area contributed by atoms with E-state index in [4.69, 9.17) is 9.78 Å². The molecule has 0 saturated carbocycles. The van der Waals surface area contributed by atoms with Gasteiger partial charge in [-0.05, 0) is 19.9 Å². The highest BCUT2D eigenvalue weighted by molar-refractivity contribution is 5.79. The monoisotopic (exact) mass is 400 g/mol. The van der Waals surface area contributed by atoms with Gasteiger partial charge in [0, 0.05) is 55.0 Å². The zero-order chi connectivity index (χ0) is 20.7. The van der Waals surface area contributed by atoms with Gasteiger partial charge in [-0.3, -0.25) is 0 Å². The highest BCUT2D eigenvalue weighted by Crippen LogP contribution is 2.32. The van der Waals surface area contributed by atoms with E-state index in [1.54, 1.807) is 23.1 Å². The molecule has 0 unspecified atom stereocenters. The van der Waals surface area contributed by atoms with Gasteiger partial charge < -0.3 is 15.2 Å². The number of aromatic nitrogens is 5. The summed E-state index contributed by atoms with van der Waals surface area (Å²) in [4.78, 5) is 8.98. The lowest BCUT2D eigenvalue weighted by atomic mass is 9.99. The number of hydrogen-bond acceptors (Lipinski definition) is 8. The van der Waals surface area contributed by atoms with Crippen LogP contribution in [-0.4, -0.2) is 44.0 Å². The Morgan fingerprint density at radius 1 is 1.20 bits per heavy atom. The minimum atomic E-state index is 0.211. The molecule has 0 amide bonds. The Bertz CT molecular complexity index is 1260. The summed E-state index contributed by atoms with van der Waals surface area (Å²) in [5.74, 6) is 1.70. The largest absolute Gasteiger partial charge is 0.382 e. The fraction of sp³-hybridized carbons (Fsp3) is 0.286. The number of nitriles is 1. The van der Waals surface area contributed by atoms with Gasteiger partial charge in [0.2, 0.25) is 0 Å². The lowest BCUT2D eigenvalue weighted by Gasteiger charge is -2.24. The van der Waals surface area contributed by atoms with Crippen molar-refractivity contribution in [2.75, 3.05) is 18.4 Å². The molecule has 9 nitrogen and oxygen atoms in total. The van der Waals surface area contributed by atoms with Gasteiger partial charge in [0.1, 0.15) is 6.07 Å². The van der Waals surface area contributed by atoms with E-state index in [1.165, 1.54) is 6.20 Å². The number of fused-ring (bicyclic) bond motifs is 1. The normalized spacial score (nSPS) is 14.1. The predicted octanol–water partition coefficient (Wildman–Crippen LogP) is 2.85. The van der Waals surface area contributed by atoms with Crippen LogP contribution in [0.25, 0.3) is 28.2 Å². The molecule has 4 aromatic rings. The zero-order valence-corrected chi connectivity index (χ0v) is 16.6. The summed E-state index contributed by atoms with van der Waals surface area (Å²) in [6.45, 7) is 5.99. The highest BCUT2D eigenvalue weighted by Gasteiger charge is 2.24. The molecule has 1 aliphatic rings. The number of nitrogens with one attached hydrogen (secondary N) is 2. The maximum absolute atomic E-state index is 9.08. The van der Waals surface area contributed by atoms with Crippen molar-refractivity contribution in [2.24, 2.45) is 0 Å². The van der Waals surface area contributed by atoms with Crippen LogP contribution >= 0.6 is 0 Å². The van der Waals surface area contributed by atoms with Crippen molar-refractivity contribution in [3.8, 4) is 23.2 Å². The van der Waals surface area contributed by atoms with Crippen LogP contribution in [0.4, 0.5) is 5.69 Å². The van der Waals surface area contributed by atoms with Gasteiger partial charge in [0.15, 0.2) is 17.2 Å². The first-order valence-corrected chi connectivity index (χ1v) is 9.81. The third-order valence-electron chi connectivity index (χ3n) is 5.08. The second-order valence-corrected chi connectivity index (χ2v) is 7.66. The van der Waals surface area contributed by atoms with E-state index >= 15 is 0 Å². The van der Waals surface area contributed by atoms with Crippen LogP contribution < -0.4 is 10.6 Å². The number of anilines is 1. The molecule has 0 atom stereocenters. The van der Waals surface area contributed by atoms with Crippen LogP contribution in [0.2, 0.25) is 0 Å². The van der Waals surface area contributed by atoms with Crippen LogP contribution in [0.1, 0.15) is 31.0 Å². The summed E-state index contributed by atoms with van der Waals surface area (Å²) >= 11 is 0. The van der Waals surface area contributed by atoms with Gasteiger partial charge in [0.25, 0.3) is 0 Å². The summed E-state index contributed by atoms with van der Waals surface area (Å²) in [6.07, 6.45) is 4.98. The summed E-state index contributed by atoms with van der Waals surface area (Å²) in [6, 6.07) is 7.98. The topological polar surface area (TPSA) is 117 Å². The van der Waals surface area contributed by atoms with Gasteiger partial charge in [-0.1, -0.05) is 5.16 Å². The molecule has 0 bridgehead atoms. The summed E-state index contributed by atoms with van der Waals surface area (Å²) in [5, 5.41) is 25.2. The van der Waals surface area contributed by atoms with Crippen molar-refractivity contribution in [1.82, 2.24) is 30.2 Å². The molecule has 1 fully saturated rings. The number of hydrogen-bond donors (Lipinski definition) is 2. The third-order valence-corrected chi connectivity index (χ3v) is 5.08. The average Bonchev–Trinajstić information content (AvgIpc) is 3.33. The van der Waals surface area contributed by atoms with Crippen molar-refractivity contribution in [1.29, 1.82) is 5.26 Å². The molecule has 4 aromatic heterocycles. The molecule has 0 aromatic carbocycles. The van der Waals surface area contributed by atoms with E-state index in [2.05, 4.69) is 50.8 Å². The van der Waals surface area contributed by atoms with Gasteiger partial charge >= 0.3 is 0 Å². The molecule has 30 heavy (non-hydrogen) atoms. The minimum absolute atomic E-state index is 0.211. The standard InChI is InChI=1S/C21H20N8O/c1-12(2)27-18-5-20(29-21-14(10-26-29)3-13(6-22)7-25-21)24-11-16(18)19-4-17(28-30-19)15-8-23-9-15/h3-5,7,10-12,15,23H,8-9H2,1-2H3,(H,24,27). The van der Waals surface area contributed by atoms with Gasteiger partial charge in [0.05, 0.1) is 28.7 Å². The molecule has 5 rings (SSSR count). The summed E-state index contributed by atoms with van der Waals surface area (Å²) < 4.78 is 7.30. The Morgan fingerprint density at radius 3 is 2.80 bits per heavy atom. The van der Waals surface area contributed by atoms with Crippen LogP contribution in [0.5, 0.6) is 0 Å². The molecule has 0 spiro atoms. The molecule has 9 heteroatoms. The van der Waals surface area contributed by atoms with E-state index in [9.17, 15) is 0 Å². The maximum Gasteiger partial charge on any atom is 0.170 e. The zero-order valence-electron chi connectivity index (χ0n) is 16.6. The van der Waals surface area contributed by atoms with E-state index in [0.29, 0.717) is 28.7 Å². The quantitative estimate of drug-likeness (QED) is 0.525. The smallest absolute Gasteiger partial charge is 0.170 e. The lowest BCUT2D eigenvalue weighted by Crippen LogP contribution is -2.40. The Balaban J connectivity index is 1.56. The van der Waals surface area contributed by atoms with Crippen molar-refractivity contribution in [3.05, 3.63) is 48.0 Å². The summed E-state index contributed by atoms with van der Waals surface area (Å²) in [5.41, 5.74) is 3.81. The Kier molecular flexibility index (Phi) is 4.41. The fourth-order valence-electron chi connectivity index (χ4n) is 3.44. The maximum atomic E-state index is 9.08. The van der Waals surface area contributed by atoms with Gasteiger partial charge in [-0.2, -0.15) is 15.0 Å². The Hall–Kier alpha value is -3.77. The first-order chi connectivity index (χ1) is 14.6. The molecule has 2 N–H and O–H groups in total. The second-order valence-electron chi connectivity index (χ2n) is 7.66. The summed E-state index contributed by atoms with van der Waals surface area (Å²) in [7, 11) is 0. The average molecular weight is 400 g/mol. The SMILES string of the molecule is CC(C)Nc1cc(-n2ncc3cc(C#N)cnc32)ncc1-c1cc(C2CNC2)no1. The van der Waals surface area contributed by atoms with Crippen molar-refractivity contribution >= 4 is 16.7 Å². The van der Waals surface area contributed by atoms with E-state index in [1.807, 2.05) is 12.1 Å².